The Labute approximate surface area is 129 Å². The lowest BCUT2D eigenvalue weighted by Crippen LogP contribution is -2.34. The van der Waals surface area contributed by atoms with Crippen molar-refractivity contribution < 1.29 is 29.0 Å². The number of carbonyl (C=O) groups is 3. The first kappa shape index (κ1) is 18.2. The number of rotatable bonds is 8. The number of aliphatic hydroxyl groups excluding tert-OH is 1. The van der Waals surface area contributed by atoms with Gasteiger partial charge in [0.15, 0.2) is 0 Å². The summed E-state index contributed by atoms with van der Waals surface area (Å²) in [6.45, 7) is 4.41. The summed E-state index contributed by atoms with van der Waals surface area (Å²) in [4.78, 5) is 35.2. The van der Waals surface area contributed by atoms with E-state index in [9.17, 15) is 19.5 Å². The molecule has 124 valence electrons. The van der Waals surface area contributed by atoms with Crippen LogP contribution in [0.1, 0.15) is 39.5 Å². The van der Waals surface area contributed by atoms with E-state index in [1.807, 2.05) is 13.8 Å². The number of aliphatic hydroxyl groups is 1. The molecule has 0 aromatic heterocycles. The Kier molecular flexibility index (Phi) is 7.59. The van der Waals surface area contributed by atoms with Crippen molar-refractivity contribution in [2.24, 2.45) is 5.92 Å². The number of esters is 1. The molecular formula is C15H23NO6. The fourth-order valence-corrected chi connectivity index (χ4v) is 1.88. The molecule has 0 saturated carbocycles. The lowest BCUT2D eigenvalue weighted by Gasteiger charge is -2.19. The molecule has 1 amide bonds. The Morgan fingerprint density at radius 3 is 2.64 bits per heavy atom. The lowest BCUT2D eigenvalue weighted by atomic mass is 10.2. The van der Waals surface area contributed by atoms with Gasteiger partial charge >= 0.3 is 12.1 Å². The van der Waals surface area contributed by atoms with Gasteiger partial charge in [0, 0.05) is 19.0 Å². The fraction of sp³-hybridized carbons (Fsp3) is 0.667. The average molecular weight is 313 g/mol. The molecule has 1 N–H and O–H groups in total. The number of hydrogen-bond acceptors (Lipinski definition) is 6. The molecule has 0 saturated heterocycles. The van der Waals surface area contributed by atoms with Crippen LogP contribution < -0.4 is 0 Å². The van der Waals surface area contributed by atoms with E-state index in [2.05, 4.69) is 4.74 Å². The van der Waals surface area contributed by atoms with E-state index in [1.54, 1.807) is 0 Å². The normalized spacial score (nSPS) is 17.2. The summed E-state index contributed by atoms with van der Waals surface area (Å²) < 4.78 is 9.23. The number of nitrogens with zero attached hydrogens (tertiary/aromatic N) is 1. The van der Waals surface area contributed by atoms with Crippen LogP contribution in [0.5, 0.6) is 0 Å². The third-order valence-electron chi connectivity index (χ3n) is 3.02. The molecule has 0 aliphatic carbocycles. The van der Waals surface area contributed by atoms with Crippen molar-refractivity contribution >= 4 is 18.0 Å². The first-order valence-electron chi connectivity index (χ1n) is 7.44. The third-order valence-corrected chi connectivity index (χ3v) is 3.02. The summed E-state index contributed by atoms with van der Waals surface area (Å²) in [5, 5.41) is 9.49. The molecule has 7 heteroatoms. The molecule has 22 heavy (non-hydrogen) atoms. The first-order chi connectivity index (χ1) is 10.4. The minimum Gasteiger partial charge on any atom is -0.434 e. The molecule has 0 fully saturated rings. The van der Waals surface area contributed by atoms with Crippen LogP contribution in [-0.2, 0) is 19.1 Å². The zero-order valence-corrected chi connectivity index (χ0v) is 13.0. The molecular weight excluding hydrogens is 290 g/mol. The highest BCUT2D eigenvalue weighted by Crippen LogP contribution is 2.11. The van der Waals surface area contributed by atoms with Gasteiger partial charge in [0.05, 0.1) is 6.61 Å². The average Bonchev–Trinajstić information content (AvgIpc) is 2.76. The van der Waals surface area contributed by atoms with Gasteiger partial charge in [-0.1, -0.05) is 20.3 Å². The Morgan fingerprint density at radius 1 is 1.32 bits per heavy atom. The van der Waals surface area contributed by atoms with Gasteiger partial charge in [0.2, 0.25) is 5.91 Å². The molecule has 0 bridgehead atoms. The Bertz CT molecular complexity index is 432. The van der Waals surface area contributed by atoms with Crippen LogP contribution in [0.25, 0.3) is 0 Å². The molecule has 0 spiro atoms. The van der Waals surface area contributed by atoms with Crippen molar-refractivity contribution in [3.8, 4) is 0 Å². The summed E-state index contributed by atoms with van der Waals surface area (Å²) in [7, 11) is 0. The number of ether oxygens (including phenoxy) is 2. The van der Waals surface area contributed by atoms with Gasteiger partial charge < -0.3 is 19.5 Å². The Morgan fingerprint density at radius 2 is 2.05 bits per heavy atom. The van der Waals surface area contributed by atoms with E-state index in [-0.39, 0.29) is 24.9 Å². The SMILES string of the molecule is CC(C)COC(=O)OC(=O)CCCCCN1C(=O)C=CC1O. The molecule has 7 nitrogen and oxygen atoms in total. The first-order valence-corrected chi connectivity index (χ1v) is 7.44. The number of unbranched alkanes of at least 4 members (excludes halogenated alkanes) is 2. The van der Waals surface area contributed by atoms with Crippen LogP contribution in [0, 0.1) is 5.92 Å². The second kappa shape index (κ2) is 9.19. The van der Waals surface area contributed by atoms with E-state index in [0.717, 1.165) is 0 Å². The maximum absolute atomic E-state index is 11.4. The second-order valence-electron chi connectivity index (χ2n) is 5.54. The zero-order valence-electron chi connectivity index (χ0n) is 13.0. The molecule has 0 radical (unpaired) electrons. The second-order valence-corrected chi connectivity index (χ2v) is 5.54. The highest BCUT2D eigenvalue weighted by atomic mass is 16.7. The number of carbonyl (C=O) groups excluding carboxylic acids is 3. The van der Waals surface area contributed by atoms with Crippen LogP contribution >= 0.6 is 0 Å². The van der Waals surface area contributed by atoms with Gasteiger partial charge in [-0.15, -0.1) is 0 Å². The monoisotopic (exact) mass is 313 g/mol. The summed E-state index contributed by atoms with van der Waals surface area (Å²) in [5.74, 6) is -0.645. The molecule has 1 aliphatic heterocycles. The fourth-order valence-electron chi connectivity index (χ4n) is 1.88. The van der Waals surface area contributed by atoms with Crippen LogP contribution in [0.4, 0.5) is 4.79 Å². The molecule has 1 rings (SSSR count). The van der Waals surface area contributed by atoms with Crippen molar-refractivity contribution in [1.29, 1.82) is 0 Å². The van der Waals surface area contributed by atoms with Crippen molar-refractivity contribution in [2.45, 2.75) is 45.8 Å². The highest BCUT2D eigenvalue weighted by molar-refractivity contribution is 5.90. The molecule has 1 aliphatic rings. The van der Waals surface area contributed by atoms with E-state index in [0.29, 0.717) is 25.8 Å². The van der Waals surface area contributed by atoms with Crippen LogP contribution in [0.3, 0.4) is 0 Å². The minimum absolute atomic E-state index is 0.117. The smallest absolute Gasteiger partial charge is 0.434 e. The Hall–Kier alpha value is -1.89. The standard InChI is InChI=1S/C15H23NO6/c1-11(2)10-21-15(20)22-14(19)6-4-3-5-9-16-12(17)7-8-13(16)18/h7-8,11-12,17H,3-6,9-10H2,1-2H3. The summed E-state index contributed by atoms with van der Waals surface area (Å²) in [6, 6.07) is 0. The lowest BCUT2D eigenvalue weighted by molar-refractivity contribution is -0.140. The quantitative estimate of drug-likeness (QED) is 0.415. The molecule has 1 unspecified atom stereocenters. The maximum Gasteiger partial charge on any atom is 0.516 e. The number of hydrogen-bond donors (Lipinski definition) is 1. The largest absolute Gasteiger partial charge is 0.516 e. The maximum atomic E-state index is 11.4. The summed E-state index contributed by atoms with van der Waals surface area (Å²) in [5.41, 5.74) is 0. The summed E-state index contributed by atoms with van der Waals surface area (Å²) in [6.07, 6.45) is 2.96. The van der Waals surface area contributed by atoms with Gasteiger partial charge in [0.1, 0.15) is 6.23 Å². The summed E-state index contributed by atoms with van der Waals surface area (Å²) >= 11 is 0. The molecule has 0 aromatic carbocycles. The highest BCUT2D eigenvalue weighted by Gasteiger charge is 2.22. The van der Waals surface area contributed by atoms with E-state index >= 15 is 0 Å². The van der Waals surface area contributed by atoms with Crippen LogP contribution in [0.15, 0.2) is 12.2 Å². The predicted molar refractivity (Wildman–Crippen MR) is 77.6 cm³/mol. The van der Waals surface area contributed by atoms with Crippen molar-refractivity contribution in [1.82, 2.24) is 4.90 Å². The topological polar surface area (TPSA) is 93.1 Å². The third kappa shape index (κ3) is 6.71. The van der Waals surface area contributed by atoms with Crippen LogP contribution in [0.2, 0.25) is 0 Å². The van der Waals surface area contributed by atoms with Crippen molar-refractivity contribution in [2.75, 3.05) is 13.2 Å². The van der Waals surface area contributed by atoms with Gasteiger partial charge in [-0.05, 0) is 24.8 Å². The van der Waals surface area contributed by atoms with E-state index in [4.69, 9.17) is 4.74 Å². The van der Waals surface area contributed by atoms with Gasteiger partial charge in [-0.2, -0.15) is 0 Å². The molecule has 1 heterocycles. The van der Waals surface area contributed by atoms with Gasteiger partial charge in [-0.3, -0.25) is 9.59 Å². The minimum atomic E-state index is -0.962. The van der Waals surface area contributed by atoms with Gasteiger partial charge in [-0.25, -0.2) is 4.79 Å². The van der Waals surface area contributed by atoms with Crippen molar-refractivity contribution in [3.05, 3.63) is 12.2 Å². The molecule has 1 atom stereocenters. The van der Waals surface area contributed by atoms with E-state index in [1.165, 1.54) is 17.1 Å². The van der Waals surface area contributed by atoms with Crippen LogP contribution in [-0.4, -0.2) is 47.4 Å². The van der Waals surface area contributed by atoms with E-state index < -0.39 is 18.4 Å². The van der Waals surface area contributed by atoms with Gasteiger partial charge in [0.25, 0.3) is 0 Å². The molecule has 0 aromatic rings. The zero-order chi connectivity index (χ0) is 16.5. The number of amides is 1. The predicted octanol–water partition coefficient (Wildman–Crippen LogP) is 1.60. The Balaban J connectivity index is 2.05. The van der Waals surface area contributed by atoms with Crippen molar-refractivity contribution in [3.63, 3.8) is 0 Å².